The summed E-state index contributed by atoms with van der Waals surface area (Å²) in [6.07, 6.45) is 3.34. The molecule has 2 N–H and O–H groups in total. The number of rotatable bonds is 8. The summed E-state index contributed by atoms with van der Waals surface area (Å²) in [6.45, 7) is 6.19. The van der Waals surface area contributed by atoms with Crippen LogP contribution in [0.25, 0.3) is 0 Å². The van der Waals surface area contributed by atoms with Crippen molar-refractivity contribution in [1.29, 1.82) is 0 Å². The van der Waals surface area contributed by atoms with E-state index in [9.17, 15) is 9.59 Å². The van der Waals surface area contributed by atoms with Crippen molar-refractivity contribution < 1.29 is 14.3 Å². The van der Waals surface area contributed by atoms with Gasteiger partial charge in [-0.25, -0.2) is 0 Å². The summed E-state index contributed by atoms with van der Waals surface area (Å²) in [7, 11) is 0. The van der Waals surface area contributed by atoms with Gasteiger partial charge in [0.25, 0.3) is 5.91 Å². The molecule has 2 aromatic carbocycles. The highest BCUT2D eigenvalue weighted by Gasteiger charge is 2.09. The second-order valence-corrected chi connectivity index (χ2v) is 6.24. The number of ether oxygens (including phenoxy) is 1. The monoisotopic (exact) mass is 354 g/mol. The molecule has 0 fully saturated rings. The number of aryl methyl sites for hydroxylation is 1. The van der Waals surface area contributed by atoms with Crippen molar-refractivity contribution in [1.82, 2.24) is 0 Å². The van der Waals surface area contributed by atoms with Gasteiger partial charge >= 0.3 is 0 Å². The summed E-state index contributed by atoms with van der Waals surface area (Å²) in [5, 5.41) is 5.60. The van der Waals surface area contributed by atoms with Gasteiger partial charge in [-0.2, -0.15) is 0 Å². The molecule has 2 amide bonds. The molecule has 2 rings (SSSR count). The molecule has 138 valence electrons. The zero-order valence-corrected chi connectivity index (χ0v) is 15.6. The molecule has 0 aliphatic heterocycles. The zero-order chi connectivity index (χ0) is 18.9. The Morgan fingerprint density at radius 3 is 2.38 bits per heavy atom. The van der Waals surface area contributed by atoms with Gasteiger partial charge in [-0.15, -0.1) is 0 Å². The third-order valence-corrected chi connectivity index (χ3v) is 3.94. The average molecular weight is 354 g/mol. The number of benzene rings is 2. The topological polar surface area (TPSA) is 67.4 Å². The zero-order valence-electron chi connectivity index (χ0n) is 15.6. The van der Waals surface area contributed by atoms with Crippen molar-refractivity contribution in [3.63, 3.8) is 0 Å². The van der Waals surface area contributed by atoms with Gasteiger partial charge < -0.3 is 15.4 Å². The molecule has 0 atom stereocenters. The number of anilines is 2. The fourth-order valence-corrected chi connectivity index (χ4v) is 2.48. The third kappa shape index (κ3) is 5.92. The fraction of sp³-hybridized carbons (Fsp3) is 0.333. The summed E-state index contributed by atoms with van der Waals surface area (Å²) in [4.78, 5) is 23.7. The molecule has 5 nitrogen and oxygen atoms in total. The molecule has 0 aliphatic rings. The first-order valence-electron chi connectivity index (χ1n) is 8.92. The standard InChI is InChI=1S/C21H26N2O3/c1-4-5-6-13-26-19-11-8-17(9-12-19)21(25)23-20-14-18(22-16(3)24)10-7-15(20)2/h7-12,14H,4-6,13H2,1-3H3,(H,22,24)(H,23,25). The number of amides is 2. The molecule has 0 unspecified atom stereocenters. The van der Waals surface area contributed by atoms with Gasteiger partial charge in [-0.1, -0.05) is 25.8 Å². The quantitative estimate of drug-likeness (QED) is 0.671. The second kappa shape index (κ2) is 9.61. The van der Waals surface area contributed by atoms with E-state index in [-0.39, 0.29) is 11.8 Å². The molecular weight excluding hydrogens is 328 g/mol. The molecule has 0 spiro atoms. The van der Waals surface area contributed by atoms with Crippen LogP contribution in [-0.4, -0.2) is 18.4 Å². The van der Waals surface area contributed by atoms with Crippen LogP contribution >= 0.6 is 0 Å². The van der Waals surface area contributed by atoms with Crippen molar-refractivity contribution in [2.75, 3.05) is 17.2 Å². The number of carbonyl (C=O) groups excluding carboxylic acids is 2. The van der Waals surface area contributed by atoms with Crippen molar-refractivity contribution in [3.05, 3.63) is 53.6 Å². The van der Waals surface area contributed by atoms with Crippen LogP contribution in [0.3, 0.4) is 0 Å². The van der Waals surface area contributed by atoms with E-state index in [1.807, 2.05) is 13.0 Å². The highest BCUT2D eigenvalue weighted by molar-refractivity contribution is 6.05. The molecule has 0 aliphatic carbocycles. The number of carbonyl (C=O) groups is 2. The van der Waals surface area contributed by atoms with Gasteiger partial charge in [0.1, 0.15) is 5.75 Å². The number of hydrogen-bond donors (Lipinski definition) is 2. The molecule has 5 heteroatoms. The van der Waals surface area contributed by atoms with Crippen LogP contribution in [0.2, 0.25) is 0 Å². The molecule has 0 heterocycles. The highest BCUT2D eigenvalue weighted by atomic mass is 16.5. The average Bonchev–Trinajstić information content (AvgIpc) is 2.61. The Morgan fingerprint density at radius 2 is 1.73 bits per heavy atom. The van der Waals surface area contributed by atoms with Crippen molar-refractivity contribution in [2.24, 2.45) is 0 Å². The van der Waals surface area contributed by atoms with Crippen molar-refractivity contribution in [2.45, 2.75) is 40.0 Å². The van der Waals surface area contributed by atoms with Crippen LogP contribution in [0, 0.1) is 6.92 Å². The van der Waals surface area contributed by atoms with Crippen LogP contribution in [0.5, 0.6) is 5.75 Å². The Morgan fingerprint density at radius 1 is 1.00 bits per heavy atom. The summed E-state index contributed by atoms with van der Waals surface area (Å²) in [6, 6.07) is 12.5. The third-order valence-electron chi connectivity index (χ3n) is 3.94. The summed E-state index contributed by atoms with van der Waals surface area (Å²) in [5.74, 6) is 0.410. The molecule has 0 saturated heterocycles. The van der Waals surface area contributed by atoms with Gasteiger partial charge in [0.2, 0.25) is 5.91 Å². The Bertz CT molecular complexity index is 754. The Kier molecular flexibility index (Phi) is 7.21. The lowest BCUT2D eigenvalue weighted by molar-refractivity contribution is -0.114. The molecule has 0 saturated carbocycles. The van der Waals surface area contributed by atoms with E-state index in [4.69, 9.17) is 4.74 Å². The molecule has 0 radical (unpaired) electrons. The van der Waals surface area contributed by atoms with E-state index in [1.165, 1.54) is 6.92 Å². The minimum atomic E-state index is -0.203. The highest BCUT2D eigenvalue weighted by Crippen LogP contribution is 2.21. The molecule has 0 aromatic heterocycles. The molecule has 0 bridgehead atoms. The molecular formula is C21H26N2O3. The first-order chi connectivity index (χ1) is 12.5. The Hall–Kier alpha value is -2.82. The van der Waals surface area contributed by atoms with Crippen LogP contribution in [0.1, 0.15) is 49.0 Å². The second-order valence-electron chi connectivity index (χ2n) is 6.24. The summed E-state index contributed by atoms with van der Waals surface area (Å²) < 4.78 is 5.66. The number of unbranched alkanes of at least 4 members (excludes halogenated alkanes) is 2. The van der Waals surface area contributed by atoms with Gasteiger partial charge in [0.15, 0.2) is 0 Å². The van der Waals surface area contributed by atoms with Crippen LogP contribution in [0.4, 0.5) is 11.4 Å². The minimum Gasteiger partial charge on any atom is -0.494 e. The molecule has 2 aromatic rings. The lowest BCUT2D eigenvalue weighted by Crippen LogP contribution is -2.13. The van der Waals surface area contributed by atoms with E-state index >= 15 is 0 Å². The van der Waals surface area contributed by atoms with E-state index in [1.54, 1.807) is 36.4 Å². The predicted octanol–water partition coefficient (Wildman–Crippen LogP) is 4.77. The van der Waals surface area contributed by atoms with Crippen LogP contribution in [0.15, 0.2) is 42.5 Å². The van der Waals surface area contributed by atoms with E-state index < -0.39 is 0 Å². The maximum atomic E-state index is 12.5. The van der Waals surface area contributed by atoms with Gasteiger partial charge in [0, 0.05) is 23.9 Å². The van der Waals surface area contributed by atoms with Crippen molar-refractivity contribution >= 4 is 23.2 Å². The summed E-state index contributed by atoms with van der Waals surface area (Å²) >= 11 is 0. The van der Waals surface area contributed by atoms with Crippen LogP contribution in [-0.2, 0) is 4.79 Å². The maximum absolute atomic E-state index is 12.5. The normalized spacial score (nSPS) is 10.3. The Labute approximate surface area is 154 Å². The maximum Gasteiger partial charge on any atom is 0.255 e. The minimum absolute atomic E-state index is 0.152. The van der Waals surface area contributed by atoms with Crippen LogP contribution < -0.4 is 15.4 Å². The van der Waals surface area contributed by atoms with Gasteiger partial charge in [-0.05, 0) is 55.3 Å². The smallest absolute Gasteiger partial charge is 0.255 e. The van der Waals surface area contributed by atoms with E-state index in [0.29, 0.717) is 23.5 Å². The predicted molar refractivity (Wildman–Crippen MR) is 105 cm³/mol. The Balaban J connectivity index is 2.00. The van der Waals surface area contributed by atoms with Gasteiger partial charge in [0.05, 0.1) is 6.61 Å². The fourth-order valence-electron chi connectivity index (χ4n) is 2.48. The lowest BCUT2D eigenvalue weighted by atomic mass is 10.1. The van der Waals surface area contributed by atoms with E-state index in [2.05, 4.69) is 17.6 Å². The number of nitrogens with one attached hydrogen (secondary N) is 2. The number of hydrogen-bond acceptors (Lipinski definition) is 3. The van der Waals surface area contributed by atoms with Gasteiger partial charge in [-0.3, -0.25) is 9.59 Å². The first-order valence-corrected chi connectivity index (χ1v) is 8.92. The van der Waals surface area contributed by atoms with Crippen molar-refractivity contribution in [3.8, 4) is 5.75 Å². The summed E-state index contributed by atoms with van der Waals surface area (Å²) in [5.41, 5.74) is 2.79. The SMILES string of the molecule is CCCCCOc1ccc(C(=O)Nc2cc(NC(C)=O)ccc2C)cc1. The molecule has 26 heavy (non-hydrogen) atoms. The lowest BCUT2D eigenvalue weighted by Gasteiger charge is -2.11. The largest absolute Gasteiger partial charge is 0.494 e. The van der Waals surface area contributed by atoms with E-state index in [0.717, 1.165) is 30.6 Å². The first kappa shape index (κ1) is 19.5.